The quantitative estimate of drug-likeness (QED) is 0.0706. The number of carboxylic acid groups (broad SMARTS) is 4. The molecular formula is C39H43FN2O12. The summed E-state index contributed by atoms with van der Waals surface area (Å²) in [5.74, 6) is -6.95. The molecule has 0 bridgehead atoms. The number of aliphatic hydroxyl groups is 3. The summed E-state index contributed by atoms with van der Waals surface area (Å²) in [5, 5.41) is 66.6. The molecule has 1 aromatic heterocycles. The van der Waals surface area contributed by atoms with Gasteiger partial charge >= 0.3 is 23.9 Å². The average Bonchev–Trinajstić information content (AvgIpc) is 3.43. The number of anilines is 1. The SMILES string of the molecule is CC(C)c1c(C(=O)Nc2ccccc2)c(-c2ccccc2)c(-c2ccc(F)cc2)n1CC[C@@H](O)C[C@@H](O)CC(=O)O.O=C(O)CC(O)(CC(=O)O)C(=O)O. The Bertz CT molecular complexity index is 1900. The van der Waals surface area contributed by atoms with Crippen molar-refractivity contribution in [2.75, 3.05) is 5.32 Å². The van der Waals surface area contributed by atoms with Gasteiger partial charge in [0.2, 0.25) is 0 Å². The van der Waals surface area contributed by atoms with Gasteiger partial charge in [-0.3, -0.25) is 19.2 Å². The molecule has 0 saturated carbocycles. The van der Waals surface area contributed by atoms with Crippen LogP contribution in [0.2, 0.25) is 0 Å². The van der Waals surface area contributed by atoms with E-state index >= 15 is 0 Å². The second kappa shape index (κ2) is 19.3. The molecule has 2 atom stereocenters. The summed E-state index contributed by atoms with van der Waals surface area (Å²) in [4.78, 5) is 55.5. The van der Waals surface area contributed by atoms with E-state index in [2.05, 4.69) is 5.32 Å². The highest BCUT2D eigenvalue weighted by Gasteiger charge is 2.41. The lowest BCUT2D eigenvalue weighted by Crippen LogP contribution is -2.42. The minimum absolute atomic E-state index is 0.0939. The van der Waals surface area contributed by atoms with Gasteiger partial charge in [0.05, 0.1) is 42.7 Å². The molecule has 8 N–H and O–H groups in total. The number of carboxylic acids is 4. The molecule has 0 radical (unpaired) electrons. The fraction of sp³-hybridized carbons (Fsp3) is 0.308. The molecule has 0 aliphatic carbocycles. The molecule has 0 saturated heterocycles. The number of aliphatic carboxylic acids is 4. The van der Waals surface area contributed by atoms with E-state index in [0.29, 0.717) is 28.1 Å². The fourth-order valence-corrected chi connectivity index (χ4v) is 5.92. The molecule has 14 nitrogen and oxygen atoms in total. The Morgan fingerprint density at radius 2 is 1.28 bits per heavy atom. The first kappa shape index (κ1) is 42.5. The summed E-state index contributed by atoms with van der Waals surface area (Å²) >= 11 is 0. The second-order valence-corrected chi connectivity index (χ2v) is 12.9. The van der Waals surface area contributed by atoms with Gasteiger partial charge in [-0.15, -0.1) is 0 Å². The van der Waals surface area contributed by atoms with Crippen molar-refractivity contribution >= 4 is 35.5 Å². The van der Waals surface area contributed by atoms with Crippen LogP contribution in [0.25, 0.3) is 22.4 Å². The number of nitrogens with zero attached hydrogens (tertiary/aromatic N) is 1. The van der Waals surface area contributed by atoms with E-state index in [1.165, 1.54) is 12.1 Å². The minimum atomic E-state index is -2.74. The van der Waals surface area contributed by atoms with Gasteiger partial charge in [-0.25, -0.2) is 9.18 Å². The van der Waals surface area contributed by atoms with E-state index in [9.17, 15) is 38.6 Å². The molecule has 3 aromatic carbocycles. The van der Waals surface area contributed by atoms with Crippen LogP contribution >= 0.6 is 0 Å². The van der Waals surface area contributed by atoms with Gasteiger partial charge in [0.25, 0.3) is 5.91 Å². The number of amides is 1. The van der Waals surface area contributed by atoms with Crippen molar-refractivity contribution in [2.45, 2.75) is 76.2 Å². The van der Waals surface area contributed by atoms with Gasteiger partial charge in [-0.05, 0) is 66.3 Å². The van der Waals surface area contributed by atoms with Crippen molar-refractivity contribution < 1.29 is 64.1 Å². The highest BCUT2D eigenvalue weighted by atomic mass is 19.1. The van der Waals surface area contributed by atoms with E-state index in [1.807, 2.05) is 79.1 Å². The molecule has 0 aliphatic rings. The highest BCUT2D eigenvalue weighted by Crippen LogP contribution is 2.42. The number of hydrogen-bond acceptors (Lipinski definition) is 8. The van der Waals surface area contributed by atoms with Crippen molar-refractivity contribution in [1.29, 1.82) is 0 Å². The lowest BCUT2D eigenvalue weighted by atomic mass is 9.94. The topological polar surface area (TPSA) is 244 Å². The predicted octanol–water partition coefficient (Wildman–Crippen LogP) is 5.07. The molecule has 0 fully saturated rings. The Morgan fingerprint density at radius 3 is 1.76 bits per heavy atom. The van der Waals surface area contributed by atoms with E-state index < -0.39 is 60.9 Å². The summed E-state index contributed by atoms with van der Waals surface area (Å²) in [5.41, 5.74) is 2.04. The zero-order chi connectivity index (χ0) is 40.2. The van der Waals surface area contributed by atoms with Crippen LogP contribution in [-0.4, -0.2) is 87.9 Å². The van der Waals surface area contributed by atoms with Crippen molar-refractivity contribution in [3.63, 3.8) is 0 Å². The fourth-order valence-electron chi connectivity index (χ4n) is 5.92. The number of para-hydroxylation sites is 1. The normalized spacial score (nSPS) is 12.3. The Hall–Kier alpha value is -5.90. The zero-order valence-corrected chi connectivity index (χ0v) is 29.6. The van der Waals surface area contributed by atoms with Gasteiger partial charge in [-0.1, -0.05) is 62.4 Å². The zero-order valence-electron chi connectivity index (χ0n) is 29.6. The van der Waals surface area contributed by atoms with E-state index in [-0.39, 0.29) is 37.0 Å². The molecule has 4 aromatic rings. The maximum atomic E-state index is 14.0. The first-order valence-corrected chi connectivity index (χ1v) is 16.8. The van der Waals surface area contributed by atoms with Gasteiger partial charge in [0.1, 0.15) is 5.82 Å². The highest BCUT2D eigenvalue weighted by molar-refractivity contribution is 6.12. The summed E-state index contributed by atoms with van der Waals surface area (Å²) in [6.45, 7) is 4.25. The van der Waals surface area contributed by atoms with Crippen molar-refractivity contribution in [2.24, 2.45) is 0 Å². The number of carbonyl (C=O) groups excluding carboxylic acids is 1. The van der Waals surface area contributed by atoms with Crippen LogP contribution in [0.1, 0.15) is 67.9 Å². The summed E-state index contributed by atoms with van der Waals surface area (Å²) in [6.07, 6.45) is -4.80. The molecule has 15 heteroatoms. The summed E-state index contributed by atoms with van der Waals surface area (Å²) < 4.78 is 16.0. The third kappa shape index (κ3) is 11.8. The van der Waals surface area contributed by atoms with Crippen LogP contribution < -0.4 is 5.32 Å². The van der Waals surface area contributed by atoms with Gasteiger partial charge in [0, 0.05) is 23.5 Å². The van der Waals surface area contributed by atoms with E-state index in [0.717, 1.165) is 11.3 Å². The lowest BCUT2D eigenvalue weighted by Gasteiger charge is -2.20. The Labute approximate surface area is 309 Å². The third-order valence-corrected chi connectivity index (χ3v) is 8.22. The molecular weight excluding hydrogens is 707 g/mol. The molecule has 0 aliphatic heterocycles. The van der Waals surface area contributed by atoms with Crippen LogP contribution in [-0.2, 0) is 25.7 Å². The Morgan fingerprint density at radius 1 is 0.741 bits per heavy atom. The smallest absolute Gasteiger partial charge is 0.336 e. The average molecular weight is 751 g/mol. The van der Waals surface area contributed by atoms with Crippen LogP contribution in [0.15, 0.2) is 84.9 Å². The molecule has 1 amide bonds. The number of benzene rings is 3. The van der Waals surface area contributed by atoms with Crippen LogP contribution in [0.4, 0.5) is 10.1 Å². The lowest BCUT2D eigenvalue weighted by molar-refractivity contribution is -0.170. The molecule has 4 rings (SSSR count). The molecule has 0 unspecified atom stereocenters. The third-order valence-electron chi connectivity index (χ3n) is 8.22. The number of aliphatic hydroxyl groups excluding tert-OH is 2. The predicted molar refractivity (Wildman–Crippen MR) is 194 cm³/mol. The standard InChI is InChI=1S/C33H35FN2O5.C6H8O7/c1-21(2)31-30(33(41)35-25-11-7-4-8-12-25)29(22-9-5-3-6-10-22)32(23-13-15-24(34)16-14-23)36(31)18-17-26(37)19-27(38)20-28(39)40;7-3(8)1-6(13,5(11)12)2-4(9)10/h3-16,21,26-27,37-38H,17-20H2,1-2H3,(H,35,41)(H,39,40);13H,1-2H2,(H,7,8)(H,9,10)(H,11,12)/t26-,27-;/m1./s1. The van der Waals surface area contributed by atoms with Crippen molar-refractivity contribution in [1.82, 2.24) is 4.57 Å². The van der Waals surface area contributed by atoms with Gasteiger partial charge < -0.3 is 45.6 Å². The molecule has 1 heterocycles. The molecule has 288 valence electrons. The Kier molecular flexibility index (Phi) is 15.2. The van der Waals surface area contributed by atoms with E-state index in [4.69, 9.17) is 25.5 Å². The van der Waals surface area contributed by atoms with Crippen LogP contribution in [0, 0.1) is 5.82 Å². The van der Waals surface area contributed by atoms with Crippen LogP contribution in [0.5, 0.6) is 0 Å². The number of hydrogen-bond donors (Lipinski definition) is 8. The van der Waals surface area contributed by atoms with Crippen molar-refractivity contribution in [3.8, 4) is 22.4 Å². The molecule has 0 spiro atoms. The second-order valence-electron chi connectivity index (χ2n) is 12.9. The Balaban J connectivity index is 0.000000515. The number of aromatic nitrogens is 1. The summed E-state index contributed by atoms with van der Waals surface area (Å²) in [6, 6.07) is 24.8. The first-order valence-electron chi connectivity index (χ1n) is 16.8. The van der Waals surface area contributed by atoms with Gasteiger partial charge in [0.15, 0.2) is 5.60 Å². The number of carbonyl (C=O) groups is 5. The molecule has 54 heavy (non-hydrogen) atoms. The van der Waals surface area contributed by atoms with E-state index in [1.54, 1.807) is 12.1 Å². The monoisotopic (exact) mass is 750 g/mol. The number of halogens is 1. The minimum Gasteiger partial charge on any atom is -0.481 e. The number of nitrogens with one attached hydrogen (secondary N) is 1. The first-order chi connectivity index (χ1) is 25.4. The maximum absolute atomic E-state index is 14.0. The maximum Gasteiger partial charge on any atom is 0.336 e. The number of rotatable bonds is 17. The summed E-state index contributed by atoms with van der Waals surface area (Å²) in [7, 11) is 0. The van der Waals surface area contributed by atoms with Gasteiger partial charge in [-0.2, -0.15) is 0 Å². The van der Waals surface area contributed by atoms with Crippen molar-refractivity contribution in [3.05, 3.63) is 102 Å². The van der Waals surface area contributed by atoms with Crippen LogP contribution in [0.3, 0.4) is 0 Å². The largest absolute Gasteiger partial charge is 0.481 e.